The van der Waals surface area contributed by atoms with E-state index in [1.165, 1.54) is 6.92 Å². The number of hydrogen-bond acceptors (Lipinski definition) is 4. The zero-order valence-electron chi connectivity index (χ0n) is 9.29. The number of likely N-dealkylation sites (tertiary alicyclic amines) is 1. The first-order chi connectivity index (χ1) is 7.82. The predicted octanol–water partition coefficient (Wildman–Crippen LogP) is -1.91. The van der Waals surface area contributed by atoms with Crippen molar-refractivity contribution >= 4 is 17.9 Å². The minimum atomic E-state index is -1.18. The highest BCUT2D eigenvalue weighted by Gasteiger charge is 2.40. The largest absolute Gasteiger partial charge is 0.480 e. The van der Waals surface area contributed by atoms with E-state index in [1.54, 1.807) is 0 Å². The second kappa shape index (κ2) is 5.00. The van der Waals surface area contributed by atoms with Gasteiger partial charge in [-0.3, -0.25) is 4.79 Å². The normalized spacial score (nSPS) is 25.4. The van der Waals surface area contributed by atoms with Gasteiger partial charge in [0.1, 0.15) is 12.1 Å². The van der Waals surface area contributed by atoms with E-state index in [9.17, 15) is 19.5 Å². The number of aliphatic hydroxyl groups excluding tert-OH is 1. The van der Waals surface area contributed by atoms with Gasteiger partial charge in [-0.2, -0.15) is 0 Å². The van der Waals surface area contributed by atoms with E-state index < -0.39 is 36.1 Å². The highest BCUT2D eigenvalue weighted by atomic mass is 16.4. The standard InChI is InChI=1S/C9H15N3O5/c1-4(11-9(10)17)7(14)12-3-5(13)2-6(12)8(15)16/h4-6,13H,2-3H2,1H3,(H,15,16)(H3,10,11,17). The van der Waals surface area contributed by atoms with Crippen LogP contribution in [0.25, 0.3) is 0 Å². The summed E-state index contributed by atoms with van der Waals surface area (Å²) in [7, 11) is 0. The van der Waals surface area contributed by atoms with Crippen molar-refractivity contribution < 1.29 is 24.6 Å². The van der Waals surface area contributed by atoms with E-state index in [4.69, 9.17) is 10.8 Å². The topological polar surface area (TPSA) is 133 Å². The van der Waals surface area contributed by atoms with E-state index in [2.05, 4.69) is 5.32 Å². The highest BCUT2D eigenvalue weighted by molar-refractivity contribution is 5.90. The Bertz CT molecular complexity index is 346. The molecule has 1 aliphatic heterocycles. The van der Waals surface area contributed by atoms with Crippen molar-refractivity contribution in [1.82, 2.24) is 10.2 Å². The van der Waals surface area contributed by atoms with Crippen LogP contribution in [-0.4, -0.2) is 57.8 Å². The fourth-order valence-corrected chi connectivity index (χ4v) is 1.82. The number of amides is 3. The zero-order chi connectivity index (χ0) is 13.2. The summed E-state index contributed by atoms with van der Waals surface area (Å²) in [6.07, 6.45) is -0.870. The van der Waals surface area contributed by atoms with Gasteiger partial charge in [0.05, 0.1) is 6.10 Å². The zero-order valence-corrected chi connectivity index (χ0v) is 9.29. The van der Waals surface area contributed by atoms with Crippen molar-refractivity contribution in [3.63, 3.8) is 0 Å². The van der Waals surface area contributed by atoms with Crippen LogP contribution in [0.2, 0.25) is 0 Å². The molecule has 3 amide bonds. The smallest absolute Gasteiger partial charge is 0.326 e. The van der Waals surface area contributed by atoms with Crippen LogP contribution in [-0.2, 0) is 9.59 Å². The Labute approximate surface area is 97.4 Å². The van der Waals surface area contributed by atoms with Crippen molar-refractivity contribution in [3.05, 3.63) is 0 Å². The van der Waals surface area contributed by atoms with Crippen LogP contribution in [0.1, 0.15) is 13.3 Å². The SMILES string of the molecule is CC(NC(N)=O)C(=O)N1CC(O)CC1C(=O)O. The quantitative estimate of drug-likeness (QED) is 0.460. The molecular formula is C9H15N3O5. The number of nitrogens with one attached hydrogen (secondary N) is 1. The molecule has 0 aromatic heterocycles. The molecule has 0 radical (unpaired) electrons. The second-order valence-corrected chi connectivity index (χ2v) is 3.96. The van der Waals surface area contributed by atoms with Gasteiger partial charge < -0.3 is 26.2 Å². The fourth-order valence-electron chi connectivity index (χ4n) is 1.82. The molecule has 3 atom stereocenters. The predicted molar refractivity (Wildman–Crippen MR) is 55.9 cm³/mol. The van der Waals surface area contributed by atoms with E-state index in [1.807, 2.05) is 0 Å². The van der Waals surface area contributed by atoms with Crippen LogP contribution in [0, 0.1) is 0 Å². The number of aliphatic hydroxyl groups is 1. The minimum absolute atomic E-state index is 0.00956. The molecule has 96 valence electrons. The first-order valence-corrected chi connectivity index (χ1v) is 5.10. The molecule has 0 bridgehead atoms. The highest BCUT2D eigenvalue weighted by Crippen LogP contribution is 2.19. The monoisotopic (exact) mass is 245 g/mol. The molecule has 3 unspecified atom stereocenters. The maximum Gasteiger partial charge on any atom is 0.326 e. The Morgan fingerprint density at radius 1 is 1.47 bits per heavy atom. The number of urea groups is 1. The molecule has 1 heterocycles. The van der Waals surface area contributed by atoms with Gasteiger partial charge >= 0.3 is 12.0 Å². The number of nitrogens with zero attached hydrogens (tertiary/aromatic N) is 1. The summed E-state index contributed by atoms with van der Waals surface area (Å²) < 4.78 is 0. The van der Waals surface area contributed by atoms with Gasteiger partial charge in [0.25, 0.3) is 0 Å². The Morgan fingerprint density at radius 3 is 2.53 bits per heavy atom. The summed E-state index contributed by atoms with van der Waals surface area (Å²) in [5.41, 5.74) is 4.87. The number of β-amino-alcohol motifs (C(OH)–C–C–N with tert-alkyl or cyclic N) is 1. The molecule has 8 nitrogen and oxygen atoms in total. The summed E-state index contributed by atoms with van der Waals surface area (Å²) in [4.78, 5) is 34.3. The third kappa shape index (κ3) is 3.06. The summed E-state index contributed by atoms with van der Waals surface area (Å²) in [5.74, 6) is -1.76. The summed E-state index contributed by atoms with van der Waals surface area (Å²) >= 11 is 0. The van der Waals surface area contributed by atoms with Crippen molar-refractivity contribution in [2.45, 2.75) is 31.5 Å². The van der Waals surface area contributed by atoms with Crippen LogP contribution in [0.5, 0.6) is 0 Å². The number of primary amides is 1. The molecule has 1 aliphatic rings. The van der Waals surface area contributed by atoms with E-state index >= 15 is 0 Å². The van der Waals surface area contributed by atoms with Crippen molar-refractivity contribution in [1.29, 1.82) is 0 Å². The van der Waals surface area contributed by atoms with E-state index in [-0.39, 0.29) is 13.0 Å². The molecule has 0 aromatic carbocycles. The van der Waals surface area contributed by atoms with Crippen LogP contribution < -0.4 is 11.1 Å². The maximum atomic E-state index is 11.8. The number of carboxylic acids is 1. The molecule has 0 aromatic rings. The van der Waals surface area contributed by atoms with Gasteiger partial charge in [0, 0.05) is 13.0 Å². The molecule has 1 rings (SSSR count). The molecular weight excluding hydrogens is 230 g/mol. The Balaban J connectivity index is 2.73. The van der Waals surface area contributed by atoms with Crippen molar-refractivity contribution in [2.75, 3.05) is 6.54 Å². The number of carboxylic acid groups (broad SMARTS) is 1. The van der Waals surface area contributed by atoms with Gasteiger partial charge in [0.2, 0.25) is 5.91 Å². The van der Waals surface area contributed by atoms with Gasteiger partial charge in [0.15, 0.2) is 0 Å². The molecule has 5 N–H and O–H groups in total. The molecule has 0 aliphatic carbocycles. The molecule has 0 spiro atoms. The first kappa shape index (κ1) is 13.2. The number of carbonyl (C=O) groups excluding carboxylic acids is 2. The number of nitrogens with two attached hydrogens (primary N) is 1. The lowest BCUT2D eigenvalue weighted by atomic mass is 10.2. The van der Waals surface area contributed by atoms with Crippen LogP contribution in [0.15, 0.2) is 0 Å². The van der Waals surface area contributed by atoms with Crippen LogP contribution >= 0.6 is 0 Å². The molecule has 0 saturated carbocycles. The molecule has 1 saturated heterocycles. The molecule has 1 fully saturated rings. The Kier molecular flexibility index (Phi) is 3.89. The number of aliphatic carboxylic acids is 1. The van der Waals surface area contributed by atoms with Crippen molar-refractivity contribution in [2.24, 2.45) is 5.73 Å². The minimum Gasteiger partial charge on any atom is -0.480 e. The number of hydrogen-bond donors (Lipinski definition) is 4. The maximum absolute atomic E-state index is 11.8. The Morgan fingerprint density at radius 2 is 2.06 bits per heavy atom. The van der Waals surface area contributed by atoms with Crippen molar-refractivity contribution in [3.8, 4) is 0 Å². The number of rotatable bonds is 3. The first-order valence-electron chi connectivity index (χ1n) is 5.10. The average molecular weight is 245 g/mol. The second-order valence-electron chi connectivity index (χ2n) is 3.96. The number of carbonyl (C=O) groups is 3. The summed E-state index contributed by atoms with van der Waals surface area (Å²) in [5, 5.41) is 20.4. The third-order valence-electron chi connectivity index (χ3n) is 2.58. The lowest BCUT2D eigenvalue weighted by Gasteiger charge is -2.24. The lowest BCUT2D eigenvalue weighted by molar-refractivity contribution is -0.148. The molecule has 8 heteroatoms. The van der Waals surface area contributed by atoms with Gasteiger partial charge in [-0.25, -0.2) is 9.59 Å². The van der Waals surface area contributed by atoms with Crippen LogP contribution in [0.3, 0.4) is 0 Å². The van der Waals surface area contributed by atoms with E-state index in [0.29, 0.717) is 0 Å². The van der Waals surface area contributed by atoms with Gasteiger partial charge in [-0.05, 0) is 6.92 Å². The third-order valence-corrected chi connectivity index (χ3v) is 2.58. The molecule has 17 heavy (non-hydrogen) atoms. The van der Waals surface area contributed by atoms with Crippen LogP contribution in [0.4, 0.5) is 4.79 Å². The lowest BCUT2D eigenvalue weighted by Crippen LogP contribution is -2.51. The Hall–Kier alpha value is -1.83. The summed E-state index contributed by atoms with van der Waals surface area (Å²) in [6.45, 7) is 1.34. The average Bonchev–Trinajstić information content (AvgIpc) is 2.58. The van der Waals surface area contributed by atoms with E-state index in [0.717, 1.165) is 4.90 Å². The fraction of sp³-hybridized carbons (Fsp3) is 0.667. The summed E-state index contributed by atoms with van der Waals surface area (Å²) in [6, 6.07) is -2.84. The van der Waals surface area contributed by atoms with Gasteiger partial charge in [-0.15, -0.1) is 0 Å². The van der Waals surface area contributed by atoms with Gasteiger partial charge in [-0.1, -0.05) is 0 Å².